The van der Waals surface area contributed by atoms with Gasteiger partial charge in [0.05, 0.1) is 16.0 Å². The summed E-state index contributed by atoms with van der Waals surface area (Å²) in [5.74, 6) is 1.16. The summed E-state index contributed by atoms with van der Waals surface area (Å²) in [7, 11) is 0. The van der Waals surface area contributed by atoms with Gasteiger partial charge in [0.2, 0.25) is 5.95 Å². The van der Waals surface area contributed by atoms with Crippen molar-refractivity contribution in [2.75, 3.05) is 18.0 Å². The molecular formula is C18H21ClN4OS. The minimum atomic E-state index is -0.0226. The van der Waals surface area contributed by atoms with Crippen LogP contribution in [0.1, 0.15) is 38.5 Å². The van der Waals surface area contributed by atoms with Gasteiger partial charge in [0.1, 0.15) is 5.78 Å². The molecule has 1 aromatic carbocycles. The highest BCUT2D eigenvalue weighted by Crippen LogP contribution is 2.36. The Balaban J connectivity index is 1.73. The molecule has 2 heterocycles. The van der Waals surface area contributed by atoms with Crippen LogP contribution in [0.3, 0.4) is 0 Å². The van der Waals surface area contributed by atoms with Gasteiger partial charge in [-0.3, -0.25) is 9.36 Å². The third kappa shape index (κ3) is 3.42. The molecule has 25 heavy (non-hydrogen) atoms. The summed E-state index contributed by atoms with van der Waals surface area (Å²) in [5, 5.41) is 10.3. The van der Waals surface area contributed by atoms with Gasteiger partial charge in [-0.1, -0.05) is 41.9 Å². The SMILES string of the molecule is O=C1CCCCC1Sc1nnc(N2CCCC2)n1-c1ccccc1Cl. The Kier molecular flexibility index (Phi) is 4.99. The summed E-state index contributed by atoms with van der Waals surface area (Å²) in [6, 6.07) is 7.75. The standard InChI is InChI=1S/C18H21ClN4OS/c19-13-7-1-2-8-14(13)23-17(22-11-5-6-12-22)20-21-18(23)25-16-10-4-3-9-15(16)24/h1-2,7-8,16H,3-6,9-12H2. The fourth-order valence-electron chi connectivity index (χ4n) is 3.51. The molecule has 0 N–H and O–H groups in total. The van der Waals surface area contributed by atoms with E-state index in [0.29, 0.717) is 17.2 Å². The van der Waals surface area contributed by atoms with E-state index in [2.05, 4.69) is 15.1 Å². The van der Waals surface area contributed by atoms with Gasteiger partial charge in [0, 0.05) is 19.5 Å². The molecule has 1 saturated heterocycles. The first-order valence-corrected chi connectivity index (χ1v) is 10.1. The topological polar surface area (TPSA) is 51.0 Å². The number of ketones is 1. The summed E-state index contributed by atoms with van der Waals surface area (Å²) in [4.78, 5) is 14.5. The maximum Gasteiger partial charge on any atom is 0.232 e. The van der Waals surface area contributed by atoms with Crippen LogP contribution in [-0.4, -0.2) is 38.9 Å². The number of halogens is 1. The van der Waals surface area contributed by atoms with E-state index in [9.17, 15) is 4.79 Å². The Morgan fingerprint density at radius 3 is 2.64 bits per heavy atom. The Morgan fingerprint density at radius 2 is 1.88 bits per heavy atom. The molecule has 0 amide bonds. The van der Waals surface area contributed by atoms with Gasteiger partial charge in [-0.25, -0.2) is 0 Å². The lowest BCUT2D eigenvalue weighted by Crippen LogP contribution is -2.23. The van der Waals surface area contributed by atoms with E-state index in [1.54, 1.807) is 0 Å². The number of nitrogens with zero attached hydrogens (tertiary/aromatic N) is 4. The average molecular weight is 377 g/mol. The predicted octanol–water partition coefficient (Wildman–Crippen LogP) is 4.12. The largest absolute Gasteiger partial charge is 0.341 e. The lowest BCUT2D eigenvalue weighted by molar-refractivity contribution is -0.119. The van der Waals surface area contributed by atoms with Crippen molar-refractivity contribution in [3.8, 4) is 5.69 Å². The molecule has 1 saturated carbocycles. The average Bonchev–Trinajstić information content (AvgIpc) is 3.27. The van der Waals surface area contributed by atoms with Crippen molar-refractivity contribution < 1.29 is 4.79 Å². The molecule has 5 nitrogen and oxygen atoms in total. The van der Waals surface area contributed by atoms with Crippen LogP contribution in [0.5, 0.6) is 0 Å². The Bertz CT molecular complexity index is 772. The van der Waals surface area contributed by atoms with E-state index in [-0.39, 0.29) is 5.25 Å². The molecular weight excluding hydrogens is 356 g/mol. The number of carbonyl (C=O) groups is 1. The van der Waals surface area contributed by atoms with Crippen LogP contribution < -0.4 is 4.90 Å². The lowest BCUT2D eigenvalue weighted by atomic mass is 9.99. The third-order valence-corrected chi connectivity index (χ3v) is 6.42. The zero-order valence-electron chi connectivity index (χ0n) is 14.0. The van der Waals surface area contributed by atoms with E-state index in [1.807, 2.05) is 28.8 Å². The van der Waals surface area contributed by atoms with Crippen molar-refractivity contribution in [1.82, 2.24) is 14.8 Å². The van der Waals surface area contributed by atoms with E-state index < -0.39 is 0 Å². The van der Waals surface area contributed by atoms with Gasteiger partial charge < -0.3 is 4.90 Å². The number of thioether (sulfide) groups is 1. The molecule has 2 aromatic rings. The number of carbonyl (C=O) groups excluding carboxylic acids is 1. The number of aromatic nitrogens is 3. The van der Waals surface area contributed by atoms with Gasteiger partial charge in [-0.15, -0.1) is 10.2 Å². The first kappa shape index (κ1) is 16.9. The van der Waals surface area contributed by atoms with Crippen molar-refractivity contribution in [2.24, 2.45) is 0 Å². The monoisotopic (exact) mass is 376 g/mol. The summed E-state index contributed by atoms with van der Waals surface area (Å²) >= 11 is 8.00. The lowest BCUT2D eigenvalue weighted by Gasteiger charge is -2.22. The van der Waals surface area contributed by atoms with Gasteiger partial charge in [-0.2, -0.15) is 0 Å². The maximum absolute atomic E-state index is 12.3. The first-order valence-electron chi connectivity index (χ1n) is 8.88. The highest BCUT2D eigenvalue weighted by Gasteiger charge is 2.29. The minimum absolute atomic E-state index is 0.0226. The molecule has 1 atom stereocenters. The van der Waals surface area contributed by atoms with Crippen LogP contribution in [0.4, 0.5) is 5.95 Å². The van der Waals surface area contributed by atoms with Crippen LogP contribution >= 0.6 is 23.4 Å². The number of rotatable bonds is 4. The molecule has 7 heteroatoms. The first-order chi connectivity index (χ1) is 12.2. The Hall–Kier alpha value is -1.53. The van der Waals surface area contributed by atoms with Crippen LogP contribution in [0, 0.1) is 0 Å². The van der Waals surface area contributed by atoms with Crippen molar-refractivity contribution in [3.63, 3.8) is 0 Å². The van der Waals surface area contributed by atoms with E-state index >= 15 is 0 Å². The van der Waals surface area contributed by atoms with Crippen LogP contribution in [0.25, 0.3) is 5.69 Å². The number of anilines is 1. The number of benzene rings is 1. The highest BCUT2D eigenvalue weighted by atomic mass is 35.5. The van der Waals surface area contributed by atoms with Crippen LogP contribution in [-0.2, 0) is 4.79 Å². The number of hydrogen-bond donors (Lipinski definition) is 0. The van der Waals surface area contributed by atoms with E-state index in [0.717, 1.165) is 49.1 Å². The van der Waals surface area contributed by atoms with E-state index in [4.69, 9.17) is 11.6 Å². The molecule has 1 aromatic heterocycles. The molecule has 0 bridgehead atoms. The van der Waals surface area contributed by atoms with Crippen molar-refractivity contribution in [1.29, 1.82) is 0 Å². The molecule has 0 radical (unpaired) electrons. The molecule has 2 aliphatic rings. The highest BCUT2D eigenvalue weighted by molar-refractivity contribution is 8.00. The van der Waals surface area contributed by atoms with Crippen LogP contribution in [0.2, 0.25) is 5.02 Å². The molecule has 132 valence electrons. The van der Waals surface area contributed by atoms with Gasteiger partial charge in [0.15, 0.2) is 5.16 Å². The quantitative estimate of drug-likeness (QED) is 0.803. The smallest absolute Gasteiger partial charge is 0.232 e. The second-order valence-electron chi connectivity index (χ2n) is 6.58. The zero-order chi connectivity index (χ0) is 17.2. The molecule has 1 aliphatic carbocycles. The predicted molar refractivity (Wildman–Crippen MR) is 101 cm³/mol. The fourth-order valence-corrected chi connectivity index (χ4v) is 4.89. The van der Waals surface area contributed by atoms with E-state index in [1.165, 1.54) is 24.6 Å². The Morgan fingerprint density at radius 1 is 1.08 bits per heavy atom. The molecule has 2 fully saturated rings. The summed E-state index contributed by atoms with van der Waals surface area (Å²) in [6.45, 7) is 1.96. The normalized spacial score (nSPS) is 21.1. The number of Topliss-reactive ketones (excluding diaryl/α,β-unsaturated/α-hetero) is 1. The third-order valence-electron chi connectivity index (χ3n) is 4.84. The molecule has 1 unspecified atom stereocenters. The van der Waals surface area contributed by atoms with Crippen molar-refractivity contribution in [2.45, 2.75) is 48.9 Å². The number of hydrogen-bond acceptors (Lipinski definition) is 5. The molecule has 4 rings (SSSR count). The Labute approximate surface area is 156 Å². The fraction of sp³-hybridized carbons (Fsp3) is 0.500. The van der Waals surface area contributed by atoms with Crippen molar-refractivity contribution in [3.05, 3.63) is 29.3 Å². The number of para-hydroxylation sites is 1. The maximum atomic E-state index is 12.3. The van der Waals surface area contributed by atoms with Gasteiger partial charge in [0.25, 0.3) is 0 Å². The summed E-state index contributed by atoms with van der Waals surface area (Å²) in [5.41, 5.74) is 0.877. The summed E-state index contributed by atoms with van der Waals surface area (Å²) in [6.07, 6.45) is 6.03. The second kappa shape index (κ2) is 7.38. The molecule has 1 aliphatic heterocycles. The van der Waals surface area contributed by atoms with Gasteiger partial charge in [-0.05, 0) is 37.8 Å². The van der Waals surface area contributed by atoms with Gasteiger partial charge >= 0.3 is 0 Å². The second-order valence-corrected chi connectivity index (χ2v) is 8.16. The minimum Gasteiger partial charge on any atom is -0.341 e. The molecule has 0 spiro atoms. The summed E-state index contributed by atoms with van der Waals surface area (Å²) < 4.78 is 2.03. The zero-order valence-corrected chi connectivity index (χ0v) is 15.6. The van der Waals surface area contributed by atoms with Crippen molar-refractivity contribution >= 4 is 35.1 Å². The van der Waals surface area contributed by atoms with Crippen LogP contribution in [0.15, 0.2) is 29.4 Å².